The first-order valence-electron chi connectivity index (χ1n) is 12.9. The van der Waals surface area contributed by atoms with Crippen LogP contribution in [0.15, 0.2) is 47.1 Å². The summed E-state index contributed by atoms with van der Waals surface area (Å²) in [5, 5.41) is 0. The van der Waals surface area contributed by atoms with Crippen molar-refractivity contribution in [3.05, 3.63) is 52.6 Å². The van der Waals surface area contributed by atoms with Gasteiger partial charge in [-0.15, -0.1) is 12.3 Å². The number of fused-ring (bicyclic) bond motifs is 4. The molecule has 166 valence electrons. The molecule has 0 amide bonds. The normalized spacial score (nSPS) is 36.3. The van der Waals surface area contributed by atoms with Gasteiger partial charge < -0.3 is 4.90 Å². The summed E-state index contributed by atoms with van der Waals surface area (Å²) in [6.45, 7) is 4.79. The summed E-state index contributed by atoms with van der Waals surface area (Å²) in [6, 6.07) is 8.90. The molecule has 0 spiro atoms. The second-order valence-electron chi connectivity index (χ2n) is 11.2. The van der Waals surface area contributed by atoms with Crippen LogP contribution >= 0.6 is 0 Å². The molecule has 0 bridgehead atoms. The monoisotopic (exact) mass is 425 g/mol. The Morgan fingerprint density at radius 2 is 1.84 bits per heavy atom. The van der Waals surface area contributed by atoms with Crippen molar-refractivity contribution in [1.82, 2.24) is 0 Å². The smallest absolute Gasteiger partial charge is 0.163 e. The van der Waals surface area contributed by atoms with Crippen LogP contribution in [-0.4, -0.2) is 18.9 Å². The maximum absolute atomic E-state index is 13.1. The highest BCUT2D eigenvalue weighted by Gasteiger charge is 2.53. The zero-order valence-electron chi connectivity index (χ0n) is 19.4. The molecular weight excluding hydrogens is 390 g/mol. The minimum Gasteiger partial charge on any atom is -0.372 e. The highest BCUT2D eigenvalue weighted by molar-refractivity contribution is 5.98. The Labute approximate surface area is 193 Å². The Morgan fingerprint density at radius 1 is 1.06 bits per heavy atom. The first-order chi connectivity index (χ1) is 15.6. The first kappa shape index (κ1) is 20.3. The number of ketones is 1. The summed E-state index contributed by atoms with van der Waals surface area (Å²) >= 11 is 0. The molecular formula is C30H35NO. The molecule has 5 aliphatic rings. The molecule has 2 heteroatoms. The van der Waals surface area contributed by atoms with E-state index < -0.39 is 0 Å². The lowest BCUT2D eigenvalue weighted by atomic mass is 9.55. The number of nitrogens with zero attached hydrogens (tertiary/aromatic N) is 1. The highest BCUT2D eigenvalue weighted by Crippen LogP contribution is 2.62. The van der Waals surface area contributed by atoms with Crippen molar-refractivity contribution in [2.24, 2.45) is 23.2 Å². The summed E-state index contributed by atoms with van der Waals surface area (Å²) in [5.74, 6) is 5.31. The van der Waals surface area contributed by atoms with Crippen LogP contribution in [0.3, 0.4) is 0 Å². The number of rotatable bonds is 2. The molecule has 0 aromatic heterocycles. The van der Waals surface area contributed by atoms with Crippen molar-refractivity contribution < 1.29 is 4.79 Å². The van der Waals surface area contributed by atoms with Crippen LogP contribution in [0.2, 0.25) is 0 Å². The lowest BCUT2D eigenvalue weighted by Crippen LogP contribution is -2.40. The largest absolute Gasteiger partial charge is 0.372 e. The lowest BCUT2D eigenvalue weighted by Gasteiger charge is -2.48. The minimum absolute atomic E-state index is 0.0111. The zero-order valence-corrected chi connectivity index (χ0v) is 19.4. The zero-order chi connectivity index (χ0) is 21.9. The fourth-order valence-corrected chi connectivity index (χ4v) is 7.98. The molecule has 0 N–H and O–H groups in total. The number of hydrogen-bond acceptors (Lipinski definition) is 2. The average molecular weight is 426 g/mol. The van der Waals surface area contributed by atoms with E-state index in [0.717, 1.165) is 31.8 Å². The fraction of sp³-hybridized carbons (Fsp3) is 0.567. The van der Waals surface area contributed by atoms with Crippen LogP contribution in [0.5, 0.6) is 0 Å². The van der Waals surface area contributed by atoms with Crippen molar-refractivity contribution in [3.8, 4) is 12.3 Å². The molecule has 1 saturated heterocycles. The summed E-state index contributed by atoms with van der Waals surface area (Å²) < 4.78 is 0. The molecule has 32 heavy (non-hydrogen) atoms. The topological polar surface area (TPSA) is 20.3 Å². The van der Waals surface area contributed by atoms with Crippen LogP contribution in [-0.2, 0) is 4.79 Å². The highest BCUT2D eigenvalue weighted by atomic mass is 16.1. The predicted molar refractivity (Wildman–Crippen MR) is 130 cm³/mol. The van der Waals surface area contributed by atoms with Crippen molar-refractivity contribution in [1.29, 1.82) is 0 Å². The first-order valence-corrected chi connectivity index (χ1v) is 12.9. The van der Waals surface area contributed by atoms with Gasteiger partial charge in [0.2, 0.25) is 0 Å². The number of hydrogen-bond donors (Lipinski definition) is 0. The minimum atomic E-state index is -0.0111. The van der Waals surface area contributed by atoms with E-state index in [1.807, 2.05) is 6.08 Å². The van der Waals surface area contributed by atoms with Gasteiger partial charge in [-0.2, -0.15) is 0 Å². The molecule has 0 radical (unpaired) electrons. The van der Waals surface area contributed by atoms with E-state index in [4.69, 9.17) is 6.42 Å². The van der Waals surface area contributed by atoms with Crippen LogP contribution in [0, 0.1) is 35.5 Å². The van der Waals surface area contributed by atoms with Gasteiger partial charge in [0, 0.05) is 24.7 Å². The maximum Gasteiger partial charge on any atom is 0.163 e. The second-order valence-corrected chi connectivity index (χ2v) is 11.2. The van der Waals surface area contributed by atoms with Crippen LogP contribution < -0.4 is 4.90 Å². The standard InChI is InChI=1S/C30H35NO/c1-3-22-9-13-28-25-12-8-21-18-29(32)27(19-26(21)24(25)14-15-30(22,28)2)20-6-10-23(11-7-20)31-16-4-5-17-31/h1,6-7,10-11,18,22,25,27-28H,4-5,8-9,12-17,19H2,2H3/t22-,25+,27?,28-,30+/m0/s1. The van der Waals surface area contributed by atoms with Crippen LogP contribution in [0.25, 0.3) is 0 Å². The number of carbonyl (C=O) groups is 1. The van der Waals surface area contributed by atoms with E-state index >= 15 is 0 Å². The number of carbonyl (C=O) groups excluding carboxylic acids is 1. The molecule has 1 heterocycles. The third kappa shape index (κ3) is 3.04. The molecule has 2 nitrogen and oxygen atoms in total. The molecule has 1 aliphatic heterocycles. The average Bonchev–Trinajstić information content (AvgIpc) is 3.46. The van der Waals surface area contributed by atoms with E-state index in [2.05, 4.69) is 42.0 Å². The third-order valence-electron chi connectivity index (χ3n) is 9.81. The van der Waals surface area contributed by atoms with Crippen molar-refractivity contribution in [2.45, 2.75) is 70.6 Å². The quantitative estimate of drug-likeness (QED) is 0.509. The van der Waals surface area contributed by atoms with Gasteiger partial charge in [0.1, 0.15) is 0 Å². The number of anilines is 1. The van der Waals surface area contributed by atoms with Gasteiger partial charge in [-0.1, -0.05) is 24.6 Å². The van der Waals surface area contributed by atoms with Crippen molar-refractivity contribution in [3.63, 3.8) is 0 Å². The summed E-state index contributed by atoms with van der Waals surface area (Å²) in [5.41, 5.74) is 7.40. The Morgan fingerprint density at radius 3 is 2.59 bits per heavy atom. The molecule has 6 rings (SSSR count). The van der Waals surface area contributed by atoms with E-state index in [1.54, 1.807) is 11.1 Å². The fourth-order valence-electron chi connectivity index (χ4n) is 7.98. The second kappa shape index (κ2) is 7.65. The third-order valence-corrected chi connectivity index (χ3v) is 9.81. The van der Waals surface area contributed by atoms with E-state index in [1.165, 1.54) is 61.8 Å². The molecule has 1 aromatic carbocycles. The molecule has 3 fully saturated rings. The Kier molecular flexibility index (Phi) is 4.87. The van der Waals surface area contributed by atoms with Gasteiger partial charge in [-0.05, 0) is 110 Å². The van der Waals surface area contributed by atoms with E-state index in [-0.39, 0.29) is 5.92 Å². The molecule has 1 aromatic rings. The Bertz CT molecular complexity index is 1030. The van der Waals surface area contributed by atoms with Gasteiger partial charge in [0.05, 0.1) is 5.92 Å². The van der Waals surface area contributed by atoms with Gasteiger partial charge in [0.15, 0.2) is 5.78 Å². The molecule has 5 atom stereocenters. The number of terminal acetylenes is 1. The van der Waals surface area contributed by atoms with Crippen molar-refractivity contribution >= 4 is 11.5 Å². The van der Waals surface area contributed by atoms with E-state index in [9.17, 15) is 4.79 Å². The summed E-state index contributed by atoms with van der Waals surface area (Å²) in [6.07, 6.45) is 18.6. The summed E-state index contributed by atoms with van der Waals surface area (Å²) in [7, 11) is 0. The predicted octanol–water partition coefficient (Wildman–Crippen LogP) is 6.44. The SMILES string of the molecule is C#C[C@H]1CC[C@H]2[C@@H]3CCC4=CC(=O)C(c5ccc(N6CCCC6)cc5)CC4=C3CC[C@]12C. The van der Waals surface area contributed by atoms with Crippen molar-refractivity contribution in [2.75, 3.05) is 18.0 Å². The molecule has 1 unspecified atom stereocenters. The number of allylic oxidation sites excluding steroid dienone is 4. The van der Waals surface area contributed by atoms with Gasteiger partial charge in [0.25, 0.3) is 0 Å². The molecule has 2 saturated carbocycles. The number of benzene rings is 1. The molecule has 4 aliphatic carbocycles. The van der Waals surface area contributed by atoms with Crippen LogP contribution in [0.4, 0.5) is 5.69 Å². The maximum atomic E-state index is 13.1. The van der Waals surface area contributed by atoms with E-state index in [0.29, 0.717) is 23.0 Å². The summed E-state index contributed by atoms with van der Waals surface area (Å²) in [4.78, 5) is 15.6. The van der Waals surface area contributed by atoms with Gasteiger partial charge in [-0.3, -0.25) is 4.79 Å². The Hall–Kier alpha value is -2.27. The van der Waals surface area contributed by atoms with Crippen LogP contribution in [0.1, 0.15) is 76.2 Å². The lowest BCUT2D eigenvalue weighted by molar-refractivity contribution is -0.116. The Balaban J connectivity index is 1.30. The van der Waals surface area contributed by atoms with Gasteiger partial charge >= 0.3 is 0 Å². The van der Waals surface area contributed by atoms with Gasteiger partial charge in [-0.25, -0.2) is 0 Å².